The van der Waals surface area contributed by atoms with E-state index in [1.807, 2.05) is 12.1 Å². The smallest absolute Gasteiger partial charge is 0.271 e. The number of hydrogen-bond donors (Lipinski definition) is 3. The molecule has 2 amide bonds. The molecule has 36 heavy (non-hydrogen) atoms. The number of amides is 2. The number of anilines is 1. The molecule has 4 aromatic rings. The van der Waals surface area contributed by atoms with Crippen molar-refractivity contribution in [3.05, 3.63) is 47.2 Å². The lowest BCUT2D eigenvalue weighted by molar-refractivity contribution is -0.116. The zero-order valence-electron chi connectivity index (χ0n) is 20.1. The molecule has 5 heterocycles. The van der Waals surface area contributed by atoms with Crippen LogP contribution < -0.4 is 10.6 Å². The Morgan fingerprint density at radius 3 is 2.86 bits per heavy atom. The summed E-state index contributed by atoms with van der Waals surface area (Å²) in [5, 5.41) is 9.76. The molecule has 0 radical (unpaired) electrons. The Kier molecular flexibility index (Phi) is 5.07. The Hall–Kier alpha value is -4.19. The zero-order chi connectivity index (χ0) is 25.0. The largest absolute Gasteiger partial charge is 0.358 e. The highest BCUT2D eigenvalue weighted by Crippen LogP contribution is 2.46. The Morgan fingerprint density at radius 1 is 1.22 bits per heavy atom. The van der Waals surface area contributed by atoms with Gasteiger partial charge in [-0.25, -0.2) is 19.9 Å². The highest BCUT2D eigenvalue weighted by molar-refractivity contribution is 5.98. The standard InChI is InChI=1S/C24H25N9O3/c1-12(27-23(35)19-13-9-33(3)10-18(34)30-20(13)26-11-25-19)16-8-15(32-36-16)22-28-14-4-5-17(24(2)6-7-24)29-21(14)31-22/h4-5,8,11-12H,6-7,9-10H2,1-3H3,(H,27,35)(H,28,29,31)(H,25,26,30,34)/t12-/m1/s1. The molecule has 0 aromatic carbocycles. The molecule has 0 unspecified atom stereocenters. The quantitative estimate of drug-likeness (QED) is 0.385. The van der Waals surface area contributed by atoms with Crippen LogP contribution in [0.4, 0.5) is 5.82 Å². The van der Waals surface area contributed by atoms with Gasteiger partial charge in [-0.05, 0) is 38.9 Å². The molecule has 1 fully saturated rings. The average Bonchev–Trinajstić information content (AvgIpc) is 3.27. The van der Waals surface area contributed by atoms with Crippen LogP contribution in [0.2, 0.25) is 0 Å². The highest BCUT2D eigenvalue weighted by Gasteiger charge is 2.40. The highest BCUT2D eigenvalue weighted by atomic mass is 16.5. The van der Waals surface area contributed by atoms with Gasteiger partial charge < -0.3 is 20.1 Å². The predicted octanol–water partition coefficient (Wildman–Crippen LogP) is 2.33. The maximum Gasteiger partial charge on any atom is 0.271 e. The van der Waals surface area contributed by atoms with Crippen molar-refractivity contribution in [2.24, 2.45) is 0 Å². The van der Waals surface area contributed by atoms with Gasteiger partial charge in [-0.2, -0.15) is 0 Å². The number of nitrogens with one attached hydrogen (secondary N) is 3. The number of aromatic amines is 1. The van der Waals surface area contributed by atoms with E-state index in [0.29, 0.717) is 40.9 Å². The number of imidazole rings is 1. The van der Waals surface area contributed by atoms with Gasteiger partial charge in [0.05, 0.1) is 12.6 Å². The Bertz CT molecular complexity index is 1500. The SMILES string of the molecule is C[C@@H](NC(=O)c1ncnc2c1CN(C)CC(=O)N2)c1cc(-c2nc3ccc(C4(C)CC4)nc3[nH]2)no1. The number of likely N-dealkylation sites (N-methyl/N-ethyl adjacent to an activating group) is 1. The number of carbonyl (C=O) groups is 2. The van der Waals surface area contributed by atoms with Crippen LogP contribution in [-0.2, 0) is 16.8 Å². The van der Waals surface area contributed by atoms with Crippen molar-refractivity contribution < 1.29 is 14.1 Å². The van der Waals surface area contributed by atoms with Gasteiger partial charge in [0.25, 0.3) is 5.91 Å². The Morgan fingerprint density at radius 2 is 2.06 bits per heavy atom. The number of fused-ring (bicyclic) bond motifs is 2. The van der Waals surface area contributed by atoms with Crippen molar-refractivity contribution in [1.82, 2.24) is 40.3 Å². The third-order valence-corrected chi connectivity index (χ3v) is 6.77. The van der Waals surface area contributed by atoms with Crippen LogP contribution in [0.15, 0.2) is 29.0 Å². The number of carbonyl (C=O) groups excluding carboxylic acids is 2. The first-order valence-electron chi connectivity index (χ1n) is 11.8. The minimum Gasteiger partial charge on any atom is -0.358 e. The molecule has 0 saturated heterocycles. The van der Waals surface area contributed by atoms with Crippen LogP contribution >= 0.6 is 0 Å². The molecule has 1 aliphatic heterocycles. The molecule has 6 rings (SSSR count). The molecule has 1 aliphatic carbocycles. The first-order chi connectivity index (χ1) is 17.3. The minimum absolute atomic E-state index is 0.164. The molecule has 0 spiro atoms. The van der Waals surface area contributed by atoms with Crippen LogP contribution in [0.25, 0.3) is 22.7 Å². The van der Waals surface area contributed by atoms with Gasteiger partial charge in [0.2, 0.25) is 5.91 Å². The maximum absolute atomic E-state index is 13.1. The molecule has 2 aliphatic rings. The minimum atomic E-state index is -0.494. The Labute approximate surface area is 205 Å². The van der Waals surface area contributed by atoms with Crippen molar-refractivity contribution in [3.63, 3.8) is 0 Å². The third-order valence-electron chi connectivity index (χ3n) is 6.77. The van der Waals surface area contributed by atoms with Gasteiger partial charge in [0.15, 0.2) is 17.2 Å². The number of aromatic nitrogens is 6. The van der Waals surface area contributed by atoms with E-state index in [4.69, 9.17) is 9.51 Å². The normalized spacial score (nSPS) is 17.8. The van der Waals surface area contributed by atoms with Gasteiger partial charge >= 0.3 is 0 Å². The zero-order valence-corrected chi connectivity index (χ0v) is 20.1. The topological polar surface area (TPSA) is 155 Å². The molecule has 12 nitrogen and oxygen atoms in total. The first kappa shape index (κ1) is 22.3. The van der Waals surface area contributed by atoms with Gasteiger partial charge in [-0.3, -0.25) is 14.5 Å². The molecule has 1 atom stereocenters. The summed E-state index contributed by atoms with van der Waals surface area (Å²) in [5.74, 6) is 0.754. The first-order valence-corrected chi connectivity index (χ1v) is 11.8. The van der Waals surface area contributed by atoms with E-state index in [2.05, 4.69) is 42.6 Å². The second-order valence-corrected chi connectivity index (χ2v) is 9.79. The van der Waals surface area contributed by atoms with E-state index in [0.717, 1.165) is 24.1 Å². The van der Waals surface area contributed by atoms with Gasteiger partial charge in [0.1, 0.15) is 29.0 Å². The molecule has 0 bridgehead atoms. The number of rotatable bonds is 5. The van der Waals surface area contributed by atoms with Crippen LogP contribution in [0, 0.1) is 0 Å². The van der Waals surface area contributed by atoms with E-state index in [-0.39, 0.29) is 23.6 Å². The summed E-state index contributed by atoms with van der Waals surface area (Å²) < 4.78 is 5.52. The van der Waals surface area contributed by atoms with Crippen molar-refractivity contribution >= 4 is 28.8 Å². The summed E-state index contributed by atoms with van der Waals surface area (Å²) in [6.45, 7) is 4.57. The van der Waals surface area contributed by atoms with Gasteiger partial charge in [-0.1, -0.05) is 12.1 Å². The van der Waals surface area contributed by atoms with E-state index in [1.165, 1.54) is 6.33 Å². The fraction of sp³-hybridized carbons (Fsp3) is 0.375. The number of H-pyrrole nitrogens is 1. The third kappa shape index (κ3) is 3.98. The summed E-state index contributed by atoms with van der Waals surface area (Å²) in [4.78, 5) is 47.8. The van der Waals surface area contributed by atoms with Crippen molar-refractivity contribution in [2.45, 2.75) is 44.7 Å². The van der Waals surface area contributed by atoms with Crippen LogP contribution in [0.1, 0.15) is 60.2 Å². The summed E-state index contributed by atoms with van der Waals surface area (Å²) >= 11 is 0. The van der Waals surface area contributed by atoms with Crippen LogP contribution in [0.5, 0.6) is 0 Å². The lowest BCUT2D eigenvalue weighted by Gasteiger charge is -2.15. The van der Waals surface area contributed by atoms with Crippen molar-refractivity contribution in [2.75, 3.05) is 18.9 Å². The average molecular weight is 488 g/mol. The lowest BCUT2D eigenvalue weighted by Crippen LogP contribution is -2.29. The lowest BCUT2D eigenvalue weighted by atomic mass is 10.1. The number of nitrogens with zero attached hydrogens (tertiary/aromatic N) is 6. The van der Waals surface area contributed by atoms with Crippen molar-refractivity contribution in [3.8, 4) is 11.5 Å². The monoisotopic (exact) mass is 487 g/mol. The van der Waals surface area contributed by atoms with Crippen LogP contribution in [-0.4, -0.2) is 60.4 Å². The second-order valence-electron chi connectivity index (χ2n) is 9.79. The Balaban J connectivity index is 1.21. The predicted molar refractivity (Wildman–Crippen MR) is 129 cm³/mol. The molecular weight excluding hydrogens is 462 g/mol. The molecular formula is C24H25N9O3. The fourth-order valence-electron chi connectivity index (χ4n) is 4.34. The molecule has 1 saturated carbocycles. The fourth-order valence-corrected chi connectivity index (χ4v) is 4.34. The summed E-state index contributed by atoms with van der Waals surface area (Å²) in [6, 6.07) is 5.24. The van der Waals surface area contributed by atoms with Gasteiger partial charge in [-0.15, -0.1) is 0 Å². The van der Waals surface area contributed by atoms with Crippen molar-refractivity contribution in [1.29, 1.82) is 0 Å². The maximum atomic E-state index is 13.1. The summed E-state index contributed by atoms with van der Waals surface area (Å²) in [5.41, 5.74) is 3.97. The second kappa shape index (κ2) is 8.19. The summed E-state index contributed by atoms with van der Waals surface area (Å²) in [7, 11) is 1.79. The molecule has 3 N–H and O–H groups in total. The molecule has 4 aromatic heterocycles. The van der Waals surface area contributed by atoms with E-state index >= 15 is 0 Å². The van der Waals surface area contributed by atoms with Gasteiger partial charge in [0, 0.05) is 29.3 Å². The number of pyridine rings is 1. The summed E-state index contributed by atoms with van der Waals surface area (Å²) in [6.07, 6.45) is 3.55. The van der Waals surface area contributed by atoms with E-state index in [1.54, 1.807) is 24.9 Å². The number of hydrogen-bond acceptors (Lipinski definition) is 9. The van der Waals surface area contributed by atoms with Crippen LogP contribution in [0.3, 0.4) is 0 Å². The van der Waals surface area contributed by atoms with E-state index in [9.17, 15) is 9.59 Å². The van der Waals surface area contributed by atoms with E-state index < -0.39 is 11.9 Å². The molecule has 184 valence electrons. The molecule has 12 heteroatoms.